The quantitative estimate of drug-likeness (QED) is 0.816. The van der Waals surface area contributed by atoms with E-state index in [1.165, 1.54) is 25.8 Å². The smallest absolute Gasteiger partial charge is 0.119 e. The summed E-state index contributed by atoms with van der Waals surface area (Å²) in [5.74, 6) is 0.887. The number of nitrogens with two attached hydrogens (primary N) is 1. The number of halogens is 1. The van der Waals surface area contributed by atoms with Gasteiger partial charge in [0.1, 0.15) is 5.75 Å². The molecule has 3 nitrogen and oxygen atoms in total. The lowest BCUT2D eigenvalue weighted by Gasteiger charge is -2.34. The van der Waals surface area contributed by atoms with Gasteiger partial charge in [0.25, 0.3) is 0 Å². The van der Waals surface area contributed by atoms with Gasteiger partial charge in [-0.2, -0.15) is 0 Å². The average Bonchev–Trinajstić information content (AvgIpc) is 2.46. The van der Waals surface area contributed by atoms with E-state index in [0.717, 1.165) is 36.9 Å². The summed E-state index contributed by atoms with van der Waals surface area (Å²) in [5.41, 5.74) is 5.82. The first-order valence-electron chi connectivity index (χ1n) is 7.12. The number of piperidine rings is 1. The fraction of sp³-hybridized carbons (Fsp3) is 0.600. The number of ether oxygens (including phenoxy) is 1. The zero-order valence-corrected chi connectivity index (χ0v) is 12.1. The highest BCUT2D eigenvalue weighted by Crippen LogP contribution is 2.17. The number of hydrogen-bond donors (Lipinski definition) is 1. The van der Waals surface area contributed by atoms with E-state index >= 15 is 0 Å². The summed E-state index contributed by atoms with van der Waals surface area (Å²) < 4.78 is 5.70. The Hall–Kier alpha value is -0.770. The lowest BCUT2D eigenvalue weighted by molar-refractivity contribution is 0.142. The Kier molecular flexibility index (Phi) is 5.95. The van der Waals surface area contributed by atoms with Crippen molar-refractivity contribution in [3.05, 3.63) is 29.3 Å². The van der Waals surface area contributed by atoms with Gasteiger partial charge in [0.05, 0.1) is 6.61 Å². The van der Waals surface area contributed by atoms with Crippen LogP contribution in [-0.2, 0) is 0 Å². The van der Waals surface area contributed by atoms with Crippen molar-refractivity contribution in [3.8, 4) is 5.75 Å². The maximum absolute atomic E-state index is 5.83. The molecule has 1 fully saturated rings. The summed E-state index contributed by atoms with van der Waals surface area (Å²) in [4.78, 5) is 2.51. The Balaban J connectivity index is 1.67. The van der Waals surface area contributed by atoms with Crippen LogP contribution < -0.4 is 10.5 Å². The summed E-state index contributed by atoms with van der Waals surface area (Å²) >= 11 is 5.83. The Labute approximate surface area is 120 Å². The molecule has 0 aliphatic carbocycles. The van der Waals surface area contributed by atoms with Crippen molar-refractivity contribution in [3.63, 3.8) is 0 Å². The largest absolute Gasteiger partial charge is 0.494 e. The molecular weight excluding hydrogens is 260 g/mol. The van der Waals surface area contributed by atoms with Crippen LogP contribution in [0.3, 0.4) is 0 Å². The second kappa shape index (κ2) is 7.73. The van der Waals surface area contributed by atoms with E-state index in [0.29, 0.717) is 6.04 Å². The van der Waals surface area contributed by atoms with Crippen LogP contribution in [0.25, 0.3) is 0 Å². The van der Waals surface area contributed by atoms with E-state index in [9.17, 15) is 0 Å². The number of hydrogen-bond acceptors (Lipinski definition) is 3. The van der Waals surface area contributed by atoms with Crippen LogP contribution >= 0.6 is 11.6 Å². The lowest BCUT2D eigenvalue weighted by atomic mass is 10.0. The van der Waals surface area contributed by atoms with Gasteiger partial charge < -0.3 is 10.5 Å². The third-order valence-corrected chi connectivity index (χ3v) is 3.95. The monoisotopic (exact) mass is 282 g/mol. The van der Waals surface area contributed by atoms with Gasteiger partial charge in [0.2, 0.25) is 0 Å². The first kappa shape index (κ1) is 14.6. The number of benzene rings is 1. The maximum atomic E-state index is 5.83. The van der Waals surface area contributed by atoms with Crippen molar-refractivity contribution in [1.29, 1.82) is 0 Å². The van der Waals surface area contributed by atoms with Gasteiger partial charge in [-0.3, -0.25) is 4.90 Å². The minimum atomic E-state index is 0.573. The summed E-state index contributed by atoms with van der Waals surface area (Å²) in [5, 5.41) is 0.742. The number of rotatable bonds is 6. The second-order valence-electron chi connectivity index (χ2n) is 5.08. The molecule has 19 heavy (non-hydrogen) atoms. The molecule has 1 atom stereocenters. The zero-order chi connectivity index (χ0) is 13.5. The van der Waals surface area contributed by atoms with Gasteiger partial charge in [-0.05, 0) is 50.1 Å². The fourth-order valence-corrected chi connectivity index (χ4v) is 2.74. The molecule has 1 heterocycles. The van der Waals surface area contributed by atoms with E-state index in [1.54, 1.807) is 0 Å². The highest BCUT2D eigenvalue weighted by Gasteiger charge is 2.20. The van der Waals surface area contributed by atoms with Crippen molar-refractivity contribution in [1.82, 2.24) is 4.90 Å². The number of likely N-dealkylation sites (tertiary alicyclic amines) is 1. The molecule has 0 aromatic heterocycles. The minimum absolute atomic E-state index is 0.573. The molecule has 1 saturated heterocycles. The van der Waals surface area contributed by atoms with Crippen molar-refractivity contribution in [2.75, 3.05) is 26.2 Å². The van der Waals surface area contributed by atoms with Gasteiger partial charge in [-0.1, -0.05) is 18.0 Å². The molecule has 1 unspecified atom stereocenters. The van der Waals surface area contributed by atoms with Crippen LogP contribution in [0.5, 0.6) is 5.75 Å². The molecule has 0 spiro atoms. The predicted molar refractivity (Wildman–Crippen MR) is 79.8 cm³/mol. The zero-order valence-electron chi connectivity index (χ0n) is 11.4. The molecule has 2 rings (SSSR count). The molecule has 1 aromatic rings. The summed E-state index contributed by atoms with van der Waals surface area (Å²) in [7, 11) is 0. The Morgan fingerprint density at radius 1 is 1.26 bits per heavy atom. The SMILES string of the molecule is NCC1CCCCN1CCCOc1ccc(Cl)cc1. The standard InChI is InChI=1S/C15H23ClN2O/c16-13-5-7-15(8-6-13)19-11-3-10-18-9-2-1-4-14(18)12-17/h5-8,14H,1-4,9-12,17H2. The highest BCUT2D eigenvalue weighted by molar-refractivity contribution is 6.30. The first-order valence-corrected chi connectivity index (χ1v) is 7.50. The molecule has 4 heteroatoms. The predicted octanol–water partition coefficient (Wildman–Crippen LogP) is 2.92. The Morgan fingerprint density at radius 2 is 2.05 bits per heavy atom. The molecule has 1 aromatic carbocycles. The van der Waals surface area contributed by atoms with Crippen LogP contribution in [0.15, 0.2) is 24.3 Å². The molecule has 1 aliphatic rings. The van der Waals surface area contributed by atoms with Crippen LogP contribution in [0.1, 0.15) is 25.7 Å². The van der Waals surface area contributed by atoms with Crippen molar-refractivity contribution < 1.29 is 4.74 Å². The van der Waals surface area contributed by atoms with Gasteiger partial charge in [0.15, 0.2) is 0 Å². The van der Waals surface area contributed by atoms with Gasteiger partial charge >= 0.3 is 0 Å². The molecule has 1 aliphatic heterocycles. The lowest BCUT2D eigenvalue weighted by Crippen LogP contribution is -2.44. The molecule has 106 valence electrons. The van der Waals surface area contributed by atoms with E-state index in [4.69, 9.17) is 22.1 Å². The van der Waals surface area contributed by atoms with E-state index in [2.05, 4.69) is 4.90 Å². The normalized spacial score (nSPS) is 20.4. The molecular formula is C15H23ClN2O. The van der Waals surface area contributed by atoms with Crippen LogP contribution in [-0.4, -0.2) is 37.2 Å². The van der Waals surface area contributed by atoms with Crippen molar-refractivity contribution in [2.24, 2.45) is 5.73 Å². The van der Waals surface area contributed by atoms with Crippen LogP contribution in [0.4, 0.5) is 0 Å². The molecule has 0 radical (unpaired) electrons. The molecule has 0 bridgehead atoms. The third kappa shape index (κ3) is 4.68. The van der Waals surface area contributed by atoms with E-state index in [1.807, 2.05) is 24.3 Å². The topological polar surface area (TPSA) is 38.5 Å². The third-order valence-electron chi connectivity index (χ3n) is 3.69. The first-order chi connectivity index (χ1) is 9.29. The van der Waals surface area contributed by atoms with Crippen LogP contribution in [0.2, 0.25) is 5.02 Å². The van der Waals surface area contributed by atoms with Gasteiger partial charge in [-0.25, -0.2) is 0 Å². The van der Waals surface area contributed by atoms with Crippen molar-refractivity contribution >= 4 is 11.6 Å². The van der Waals surface area contributed by atoms with Gasteiger partial charge in [0, 0.05) is 24.2 Å². The Morgan fingerprint density at radius 3 is 2.79 bits per heavy atom. The molecule has 0 saturated carbocycles. The maximum Gasteiger partial charge on any atom is 0.119 e. The minimum Gasteiger partial charge on any atom is -0.494 e. The summed E-state index contributed by atoms with van der Waals surface area (Å²) in [6, 6.07) is 8.10. The molecule has 0 amide bonds. The summed E-state index contributed by atoms with van der Waals surface area (Å²) in [6.45, 7) is 3.78. The second-order valence-corrected chi connectivity index (χ2v) is 5.51. The van der Waals surface area contributed by atoms with Crippen LogP contribution in [0, 0.1) is 0 Å². The average molecular weight is 283 g/mol. The number of nitrogens with zero attached hydrogens (tertiary/aromatic N) is 1. The summed E-state index contributed by atoms with van der Waals surface area (Å²) in [6.07, 6.45) is 4.90. The Bertz CT molecular complexity index is 369. The van der Waals surface area contributed by atoms with E-state index < -0.39 is 0 Å². The fourth-order valence-electron chi connectivity index (χ4n) is 2.61. The highest BCUT2D eigenvalue weighted by atomic mass is 35.5. The van der Waals surface area contributed by atoms with Gasteiger partial charge in [-0.15, -0.1) is 0 Å². The van der Waals surface area contributed by atoms with Crippen molar-refractivity contribution in [2.45, 2.75) is 31.7 Å². The molecule has 2 N–H and O–H groups in total. The van der Waals surface area contributed by atoms with E-state index in [-0.39, 0.29) is 0 Å².